The molecule has 3 rings (SSSR count). The van der Waals surface area contributed by atoms with Crippen molar-refractivity contribution in [3.63, 3.8) is 0 Å². The van der Waals surface area contributed by atoms with Gasteiger partial charge in [-0.3, -0.25) is 4.79 Å². The normalized spacial score (nSPS) is 10.7. The molecule has 0 saturated carbocycles. The summed E-state index contributed by atoms with van der Waals surface area (Å²) in [4.78, 5) is 13.6. The van der Waals surface area contributed by atoms with Crippen molar-refractivity contribution >= 4 is 29.0 Å². The average molecular weight is 347 g/mol. The van der Waals surface area contributed by atoms with Gasteiger partial charge in [0.1, 0.15) is 6.54 Å². The van der Waals surface area contributed by atoms with E-state index in [-0.39, 0.29) is 12.3 Å². The van der Waals surface area contributed by atoms with Crippen molar-refractivity contribution in [3.8, 4) is 11.4 Å². The molecule has 2 aromatic carbocycles. The van der Waals surface area contributed by atoms with Crippen LogP contribution in [0.3, 0.4) is 0 Å². The zero-order valence-corrected chi connectivity index (χ0v) is 13.7. The van der Waals surface area contributed by atoms with Crippen LogP contribution in [0.5, 0.6) is 0 Å². The second kappa shape index (κ2) is 6.48. The van der Waals surface area contributed by atoms with Gasteiger partial charge in [0, 0.05) is 16.1 Å². The van der Waals surface area contributed by atoms with Gasteiger partial charge in [-0.2, -0.15) is 4.80 Å². The molecule has 0 N–H and O–H groups in total. The van der Waals surface area contributed by atoms with Gasteiger partial charge in [-0.1, -0.05) is 47.5 Å². The standard InChI is InChI=1S/C16H12Cl2N4O/c1-10-4-2-3-5-12(10)16-19-21-22(20-16)9-15(23)13-7-6-11(17)8-14(13)18/h2-8H,9H2,1H3. The SMILES string of the molecule is Cc1ccccc1-c1nnn(CC(=O)c2ccc(Cl)cc2Cl)n1. The Hall–Kier alpha value is -2.24. The highest BCUT2D eigenvalue weighted by Crippen LogP contribution is 2.22. The number of hydrogen-bond acceptors (Lipinski definition) is 4. The highest BCUT2D eigenvalue weighted by molar-refractivity contribution is 6.36. The molecule has 0 fully saturated rings. The van der Waals surface area contributed by atoms with Crippen LogP contribution in [0.15, 0.2) is 42.5 Å². The van der Waals surface area contributed by atoms with Crippen molar-refractivity contribution < 1.29 is 4.79 Å². The molecule has 0 amide bonds. The molecule has 3 aromatic rings. The average Bonchev–Trinajstić information content (AvgIpc) is 2.95. The minimum atomic E-state index is -0.208. The predicted molar refractivity (Wildman–Crippen MR) is 88.8 cm³/mol. The van der Waals surface area contributed by atoms with Gasteiger partial charge in [0.2, 0.25) is 5.82 Å². The van der Waals surface area contributed by atoms with Gasteiger partial charge in [-0.05, 0) is 35.9 Å². The molecule has 0 aliphatic carbocycles. The van der Waals surface area contributed by atoms with Gasteiger partial charge in [-0.25, -0.2) is 0 Å². The second-order valence-corrected chi connectivity index (χ2v) is 5.85. The molecule has 116 valence electrons. The van der Waals surface area contributed by atoms with Crippen molar-refractivity contribution in [2.24, 2.45) is 0 Å². The highest BCUT2D eigenvalue weighted by atomic mass is 35.5. The first kappa shape index (κ1) is 15.6. The first-order chi connectivity index (χ1) is 11.0. The molecule has 0 aliphatic rings. The van der Waals surface area contributed by atoms with Crippen LogP contribution in [0.4, 0.5) is 0 Å². The molecule has 0 saturated heterocycles. The summed E-state index contributed by atoms with van der Waals surface area (Å²) < 4.78 is 0. The van der Waals surface area contributed by atoms with E-state index in [0.717, 1.165) is 11.1 Å². The number of aromatic nitrogens is 4. The molecule has 0 unspecified atom stereocenters. The Bertz CT molecular complexity index is 876. The summed E-state index contributed by atoms with van der Waals surface area (Å²) in [5.41, 5.74) is 2.31. The summed E-state index contributed by atoms with van der Waals surface area (Å²) in [7, 11) is 0. The number of benzene rings is 2. The topological polar surface area (TPSA) is 60.7 Å². The molecular formula is C16H12Cl2N4O. The number of Topliss-reactive ketones (excluding diaryl/α,β-unsaturated/α-hetero) is 1. The monoisotopic (exact) mass is 346 g/mol. The zero-order valence-electron chi connectivity index (χ0n) is 12.2. The van der Waals surface area contributed by atoms with E-state index in [4.69, 9.17) is 23.2 Å². The van der Waals surface area contributed by atoms with Gasteiger partial charge >= 0.3 is 0 Å². The van der Waals surface area contributed by atoms with Crippen molar-refractivity contribution in [2.75, 3.05) is 0 Å². The smallest absolute Gasteiger partial charge is 0.205 e. The molecule has 5 nitrogen and oxygen atoms in total. The van der Waals surface area contributed by atoms with Gasteiger partial charge in [0.25, 0.3) is 0 Å². The van der Waals surface area contributed by atoms with Crippen molar-refractivity contribution in [2.45, 2.75) is 13.5 Å². The number of nitrogens with zero attached hydrogens (tertiary/aromatic N) is 4. The minimum absolute atomic E-state index is 0.0414. The van der Waals surface area contributed by atoms with E-state index in [1.807, 2.05) is 31.2 Å². The van der Waals surface area contributed by atoms with Crippen LogP contribution in [-0.2, 0) is 6.54 Å². The number of tetrazole rings is 1. The van der Waals surface area contributed by atoms with Crippen LogP contribution in [0.1, 0.15) is 15.9 Å². The molecule has 0 spiro atoms. The van der Waals surface area contributed by atoms with E-state index in [2.05, 4.69) is 15.4 Å². The number of halogens is 2. The Kier molecular flexibility index (Phi) is 4.41. The lowest BCUT2D eigenvalue weighted by Crippen LogP contribution is -2.13. The summed E-state index contributed by atoms with van der Waals surface area (Å²) in [5.74, 6) is 0.276. The van der Waals surface area contributed by atoms with Crippen LogP contribution >= 0.6 is 23.2 Å². The fourth-order valence-electron chi connectivity index (χ4n) is 2.17. The number of aryl methyl sites for hydroxylation is 1. The Labute approximate surface area is 142 Å². The molecule has 0 radical (unpaired) electrons. The molecule has 0 bridgehead atoms. The summed E-state index contributed by atoms with van der Waals surface area (Å²) >= 11 is 11.9. The molecule has 1 heterocycles. The highest BCUT2D eigenvalue weighted by Gasteiger charge is 2.14. The molecule has 7 heteroatoms. The fraction of sp³-hybridized carbons (Fsp3) is 0.125. The van der Waals surface area contributed by atoms with E-state index < -0.39 is 0 Å². The molecule has 1 aromatic heterocycles. The Morgan fingerprint density at radius 3 is 2.70 bits per heavy atom. The first-order valence-corrected chi connectivity index (χ1v) is 7.62. The second-order valence-electron chi connectivity index (χ2n) is 5.01. The third kappa shape index (κ3) is 3.41. The third-order valence-corrected chi connectivity index (χ3v) is 3.90. The molecular weight excluding hydrogens is 335 g/mol. The Balaban J connectivity index is 1.82. The number of rotatable bonds is 4. The van der Waals surface area contributed by atoms with Crippen LogP contribution in [0.25, 0.3) is 11.4 Å². The van der Waals surface area contributed by atoms with E-state index in [1.165, 1.54) is 10.9 Å². The van der Waals surface area contributed by atoms with Gasteiger partial charge < -0.3 is 0 Å². The first-order valence-electron chi connectivity index (χ1n) is 6.86. The maximum Gasteiger partial charge on any atom is 0.205 e. The van der Waals surface area contributed by atoms with E-state index in [1.54, 1.807) is 12.1 Å². The molecule has 0 atom stereocenters. The largest absolute Gasteiger partial charge is 0.292 e. The van der Waals surface area contributed by atoms with Crippen LogP contribution < -0.4 is 0 Å². The molecule has 23 heavy (non-hydrogen) atoms. The van der Waals surface area contributed by atoms with Gasteiger partial charge in [0.15, 0.2) is 5.78 Å². The summed E-state index contributed by atoms with van der Waals surface area (Å²) in [5, 5.41) is 13.0. The quantitative estimate of drug-likeness (QED) is 0.673. The summed E-state index contributed by atoms with van der Waals surface area (Å²) in [6.45, 7) is 1.93. The van der Waals surface area contributed by atoms with Crippen LogP contribution in [-0.4, -0.2) is 26.0 Å². The van der Waals surface area contributed by atoms with Crippen molar-refractivity contribution in [3.05, 3.63) is 63.6 Å². The number of carbonyl (C=O) groups excluding carboxylic acids is 1. The zero-order chi connectivity index (χ0) is 16.4. The number of ketones is 1. The predicted octanol–water partition coefficient (Wildman–Crippen LogP) is 3.84. The maximum atomic E-state index is 12.3. The maximum absolute atomic E-state index is 12.3. The Morgan fingerprint density at radius 2 is 1.96 bits per heavy atom. The lowest BCUT2D eigenvalue weighted by molar-refractivity contribution is 0.0961. The number of hydrogen-bond donors (Lipinski definition) is 0. The lowest BCUT2D eigenvalue weighted by Gasteiger charge is -2.03. The lowest BCUT2D eigenvalue weighted by atomic mass is 10.1. The van der Waals surface area contributed by atoms with Gasteiger partial charge in [0.05, 0.1) is 5.02 Å². The van der Waals surface area contributed by atoms with Crippen LogP contribution in [0, 0.1) is 6.92 Å². The molecule has 0 aliphatic heterocycles. The van der Waals surface area contributed by atoms with Crippen molar-refractivity contribution in [1.82, 2.24) is 20.2 Å². The van der Waals surface area contributed by atoms with Gasteiger partial charge in [-0.15, -0.1) is 10.2 Å². The van der Waals surface area contributed by atoms with Crippen LogP contribution in [0.2, 0.25) is 10.0 Å². The summed E-state index contributed by atoms with van der Waals surface area (Å²) in [6, 6.07) is 12.5. The fourth-order valence-corrected chi connectivity index (χ4v) is 2.68. The minimum Gasteiger partial charge on any atom is -0.292 e. The van der Waals surface area contributed by atoms with E-state index >= 15 is 0 Å². The van der Waals surface area contributed by atoms with E-state index in [9.17, 15) is 4.79 Å². The van der Waals surface area contributed by atoms with E-state index in [0.29, 0.717) is 21.4 Å². The van der Waals surface area contributed by atoms with Crippen molar-refractivity contribution in [1.29, 1.82) is 0 Å². The number of carbonyl (C=O) groups is 1. The summed E-state index contributed by atoms with van der Waals surface area (Å²) in [6.07, 6.45) is 0. The Morgan fingerprint density at radius 1 is 1.17 bits per heavy atom. The third-order valence-electron chi connectivity index (χ3n) is 3.36.